The summed E-state index contributed by atoms with van der Waals surface area (Å²) < 4.78 is 41.0. The summed E-state index contributed by atoms with van der Waals surface area (Å²) in [5.41, 5.74) is 1.22. The minimum absolute atomic E-state index is 0.154. The van der Waals surface area contributed by atoms with Gasteiger partial charge in [0.1, 0.15) is 5.82 Å². The van der Waals surface area contributed by atoms with E-state index in [0.717, 1.165) is 0 Å². The van der Waals surface area contributed by atoms with Crippen molar-refractivity contribution in [3.63, 3.8) is 0 Å². The number of carbonyl (C=O) groups excluding carboxylic acids is 1. The Bertz CT molecular complexity index is 959. The van der Waals surface area contributed by atoms with Gasteiger partial charge in [-0.15, -0.1) is 0 Å². The number of piperazine rings is 1. The normalized spacial score (nSPS) is 16.1. The van der Waals surface area contributed by atoms with E-state index in [1.807, 2.05) is 11.0 Å². The Morgan fingerprint density at radius 1 is 1.11 bits per heavy atom. The molecule has 0 unspecified atom stereocenters. The molecule has 1 N–H and O–H groups in total. The van der Waals surface area contributed by atoms with Crippen LogP contribution in [0.4, 0.5) is 10.1 Å². The fraction of sp³-hybridized carbons (Fsp3) is 0.316. The second kappa shape index (κ2) is 8.69. The molecular weight excluding hydrogens is 449 g/mol. The van der Waals surface area contributed by atoms with E-state index in [4.69, 9.17) is 0 Å². The number of aryl methyl sites for hydroxylation is 1. The van der Waals surface area contributed by atoms with E-state index < -0.39 is 10.0 Å². The van der Waals surface area contributed by atoms with Gasteiger partial charge in [0.2, 0.25) is 15.9 Å². The van der Waals surface area contributed by atoms with Crippen molar-refractivity contribution >= 4 is 37.5 Å². The summed E-state index contributed by atoms with van der Waals surface area (Å²) in [6.45, 7) is 3.49. The molecule has 0 atom stereocenters. The third kappa shape index (κ3) is 4.96. The zero-order valence-electron chi connectivity index (χ0n) is 15.4. The van der Waals surface area contributed by atoms with Crippen LogP contribution >= 0.6 is 15.9 Å². The molecule has 28 heavy (non-hydrogen) atoms. The predicted octanol–water partition coefficient (Wildman–Crippen LogP) is 2.84. The maximum Gasteiger partial charge on any atom is 0.243 e. The minimum atomic E-state index is -3.58. The fourth-order valence-corrected chi connectivity index (χ4v) is 5.24. The van der Waals surface area contributed by atoms with E-state index >= 15 is 0 Å². The highest BCUT2D eigenvalue weighted by atomic mass is 79.9. The second-order valence-corrected chi connectivity index (χ2v) is 9.47. The van der Waals surface area contributed by atoms with Crippen molar-refractivity contribution in [1.82, 2.24) is 9.21 Å². The molecule has 0 aromatic heterocycles. The molecule has 3 rings (SSSR count). The molecule has 0 aliphatic carbocycles. The molecule has 0 spiro atoms. The maximum atomic E-state index is 12.9. The summed E-state index contributed by atoms with van der Waals surface area (Å²) in [7, 11) is -3.58. The number of hydrogen-bond acceptors (Lipinski definition) is 4. The van der Waals surface area contributed by atoms with E-state index in [1.165, 1.54) is 28.6 Å². The molecular formula is C19H21BrFN3O3S. The Morgan fingerprint density at radius 2 is 1.75 bits per heavy atom. The first-order chi connectivity index (χ1) is 13.3. The molecule has 1 aliphatic rings. The largest absolute Gasteiger partial charge is 0.325 e. The molecule has 0 saturated carbocycles. The molecule has 1 saturated heterocycles. The van der Waals surface area contributed by atoms with Crippen LogP contribution in [0.2, 0.25) is 0 Å². The van der Waals surface area contributed by atoms with Gasteiger partial charge in [-0.25, -0.2) is 12.8 Å². The lowest BCUT2D eigenvalue weighted by Crippen LogP contribution is -2.50. The van der Waals surface area contributed by atoms with Gasteiger partial charge in [0.05, 0.1) is 11.4 Å². The number of nitrogens with one attached hydrogen (secondary N) is 1. The summed E-state index contributed by atoms with van der Waals surface area (Å²) in [5, 5.41) is 2.71. The van der Waals surface area contributed by atoms with Gasteiger partial charge in [-0.1, -0.05) is 22.0 Å². The number of nitrogens with zero attached hydrogens (tertiary/aromatic N) is 2. The van der Waals surface area contributed by atoms with Gasteiger partial charge in [0.25, 0.3) is 0 Å². The first-order valence-electron chi connectivity index (χ1n) is 8.80. The molecule has 6 nitrogen and oxygen atoms in total. The number of hydrogen-bond donors (Lipinski definition) is 1. The summed E-state index contributed by atoms with van der Waals surface area (Å²) >= 11 is 3.32. The topological polar surface area (TPSA) is 69.7 Å². The Hall–Kier alpha value is -1.81. The van der Waals surface area contributed by atoms with Crippen molar-refractivity contribution in [2.24, 2.45) is 0 Å². The van der Waals surface area contributed by atoms with Crippen molar-refractivity contribution in [3.05, 3.63) is 58.3 Å². The molecule has 1 amide bonds. The van der Waals surface area contributed by atoms with E-state index in [2.05, 4.69) is 21.2 Å². The van der Waals surface area contributed by atoms with Crippen LogP contribution in [0.3, 0.4) is 0 Å². The van der Waals surface area contributed by atoms with Gasteiger partial charge in [-0.2, -0.15) is 4.31 Å². The number of amides is 1. The average Bonchev–Trinajstić information content (AvgIpc) is 2.66. The zero-order chi connectivity index (χ0) is 20.3. The number of carbonyl (C=O) groups is 1. The number of rotatable bonds is 5. The fourth-order valence-electron chi connectivity index (χ4n) is 3.06. The quantitative estimate of drug-likeness (QED) is 0.730. The molecule has 0 radical (unpaired) electrons. The molecule has 0 bridgehead atoms. The van der Waals surface area contributed by atoms with Crippen LogP contribution in [0.1, 0.15) is 5.56 Å². The lowest BCUT2D eigenvalue weighted by atomic mass is 10.2. The highest BCUT2D eigenvalue weighted by Gasteiger charge is 2.30. The van der Waals surface area contributed by atoms with Gasteiger partial charge < -0.3 is 5.32 Å². The Kier molecular flexibility index (Phi) is 6.49. The third-order valence-electron chi connectivity index (χ3n) is 4.59. The van der Waals surface area contributed by atoms with E-state index in [0.29, 0.717) is 46.8 Å². The molecule has 9 heteroatoms. The number of sulfonamides is 1. The first kappa shape index (κ1) is 20.9. The lowest BCUT2D eigenvalue weighted by molar-refractivity contribution is -0.117. The SMILES string of the molecule is Cc1ccc(Br)cc1S(=O)(=O)N1CCN(CC(=O)Nc2ccc(F)cc2)CC1. The van der Waals surface area contributed by atoms with Crippen LogP contribution in [-0.4, -0.2) is 56.3 Å². The number of benzene rings is 2. The number of halogens is 2. The molecule has 150 valence electrons. The molecule has 1 fully saturated rings. The Balaban J connectivity index is 1.57. The summed E-state index contributed by atoms with van der Waals surface area (Å²) in [4.78, 5) is 14.4. The van der Waals surface area contributed by atoms with Crippen LogP contribution in [-0.2, 0) is 14.8 Å². The van der Waals surface area contributed by atoms with Gasteiger partial charge in [-0.05, 0) is 48.9 Å². The van der Waals surface area contributed by atoms with E-state index in [9.17, 15) is 17.6 Å². The highest BCUT2D eigenvalue weighted by molar-refractivity contribution is 9.10. The van der Waals surface area contributed by atoms with E-state index in [1.54, 1.807) is 19.1 Å². The summed E-state index contributed by atoms with van der Waals surface area (Å²) in [6, 6.07) is 10.8. The van der Waals surface area contributed by atoms with Gasteiger partial charge in [0.15, 0.2) is 0 Å². The van der Waals surface area contributed by atoms with Crippen molar-refractivity contribution in [2.75, 3.05) is 38.0 Å². The number of anilines is 1. The lowest BCUT2D eigenvalue weighted by Gasteiger charge is -2.33. The smallest absolute Gasteiger partial charge is 0.243 e. The summed E-state index contributed by atoms with van der Waals surface area (Å²) in [6.07, 6.45) is 0. The van der Waals surface area contributed by atoms with Crippen molar-refractivity contribution in [2.45, 2.75) is 11.8 Å². The van der Waals surface area contributed by atoms with E-state index in [-0.39, 0.29) is 18.3 Å². The molecule has 2 aromatic rings. The second-order valence-electron chi connectivity index (χ2n) is 6.65. The summed E-state index contributed by atoms with van der Waals surface area (Å²) in [5.74, 6) is -0.582. The highest BCUT2D eigenvalue weighted by Crippen LogP contribution is 2.24. The van der Waals surface area contributed by atoms with Crippen LogP contribution < -0.4 is 5.32 Å². The van der Waals surface area contributed by atoms with Gasteiger partial charge in [0, 0.05) is 36.3 Å². The predicted molar refractivity (Wildman–Crippen MR) is 109 cm³/mol. The average molecular weight is 470 g/mol. The minimum Gasteiger partial charge on any atom is -0.325 e. The standard InChI is InChI=1S/C19H21BrFN3O3S/c1-14-2-3-15(20)12-18(14)28(26,27)24-10-8-23(9-11-24)13-19(25)22-17-6-4-16(21)5-7-17/h2-7,12H,8-11,13H2,1H3,(H,22,25). The molecule has 1 heterocycles. The van der Waals surface area contributed by atoms with Crippen LogP contribution in [0.25, 0.3) is 0 Å². The van der Waals surface area contributed by atoms with Crippen molar-refractivity contribution in [3.8, 4) is 0 Å². The maximum absolute atomic E-state index is 12.9. The van der Waals surface area contributed by atoms with Crippen LogP contribution in [0.5, 0.6) is 0 Å². The van der Waals surface area contributed by atoms with Gasteiger partial charge >= 0.3 is 0 Å². The van der Waals surface area contributed by atoms with Crippen LogP contribution in [0, 0.1) is 12.7 Å². The van der Waals surface area contributed by atoms with Crippen LogP contribution in [0.15, 0.2) is 51.8 Å². The Morgan fingerprint density at radius 3 is 2.39 bits per heavy atom. The van der Waals surface area contributed by atoms with Gasteiger partial charge in [-0.3, -0.25) is 9.69 Å². The van der Waals surface area contributed by atoms with Crippen molar-refractivity contribution in [1.29, 1.82) is 0 Å². The Labute approximate surface area is 172 Å². The van der Waals surface area contributed by atoms with Crippen molar-refractivity contribution < 1.29 is 17.6 Å². The monoisotopic (exact) mass is 469 g/mol. The zero-order valence-corrected chi connectivity index (χ0v) is 17.8. The third-order valence-corrected chi connectivity index (χ3v) is 7.13. The first-order valence-corrected chi connectivity index (χ1v) is 11.0. The molecule has 2 aromatic carbocycles. The molecule has 1 aliphatic heterocycles.